The van der Waals surface area contributed by atoms with Crippen molar-refractivity contribution in [2.45, 2.75) is 25.7 Å². The SMILES string of the molecule is COc1ccccc1/C=C1\SC(=S)N(CCC(=O)N2CCC(Cc3ccccc3)CC2)C1=O. The number of carbonyl (C=O) groups is 2. The molecule has 0 unspecified atom stereocenters. The number of amides is 2. The number of nitrogens with zero attached hydrogens (tertiary/aromatic N) is 2. The molecular weight excluding hydrogens is 452 g/mol. The number of ether oxygens (including phenoxy) is 1. The van der Waals surface area contributed by atoms with E-state index < -0.39 is 0 Å². The molecule has 172 valence electrons. The highest BCUT2D eigenvalue weighted by Crippen LogP contribution is 2.34. The maximum Gasteiger partial charge on any atom is 0.266 e. The van der Waals surface area contributed by atoms with Gasteiger partial charge in [-0.2, -0.15) is 0 Å². The zero-order chi connectivity index (χ0) is 23.2. The minimum atomic E-state index is -0.148. The predicted molar refractivity (Wildman–Crippen MR) is 137 cm³/mol. The second kappa shape index (κ2) is 11.0. The maximum atomic E-state index is 12.9. The molecule has 0 aromatic heterocycles. The molecule has 2 fully saturated rings. The van der Waals surface area contributed by atoms with E-state index in [-0.39, 0.29) is 18.2 Å². The van der Waals surface area contributed by atoms with E-state index in [0.717, 1.165) is 37.9 Å². The van der Waals surface area contributed by atoms with Gasteiger partial charge in [-0.25, -0.2) is 0 Å². The fourth-order valence-electron chi connectivity index (χ4n) is 4.32. The van der Waals surface area contributed by atoms with E-state index >= 15 is 0 Å². The van der Waals surface area contributed by atoms with Crippen molar-refractivity contribution in [3.63, 3.8) is 0 Å². The van der Waals surface area contributed by atoms with Crippen molar-refractivity contribution in [2.75, 3.05) is 26.7 Å². The van der Waals surface area contributed by atoms with Crippen LogP contribution in [0.25, 0.3) is 6.08 Å². The van der Waals surface area contributed by atoms with Crippen molar-refractivity contribution in [1.29, 1.82) is 0 Å². The monoisotopic (exact) mass is 480 g/mol. The van der Waals surface area contributed by atoms with Gasteiger partial charge in [0.1, 0.15) is 10.1 Å². The van der Waals surface area contributed by atoms with Gasteiger partial charge in [-0.15, -0.1) is 0 Å². The van der Waals surface area contributed by atoms with E-state index in [2.05, 4.69) is 24.3 Å². The van der Waals surface area contributed by atoms with Crippen LogP contribution in [0.5, 0.6) is 5.75 Å². The summed E-state index contributed by atoms with van der Waals surface area (Å²) in [7, 11) is 1.61. The van der Waals surface area contributed by atoms with E-state index in [0.29, 0.717) is 27.4 Å². The first-order chi connectivity index (χ1) is 16.0. The van der Waals surface area contributed by atoms with Crippen LogP contribution in [-0.2, 0) is 16.0 Å². The Kier molecular flexibility index (Phi) is 7.83. The highest BCUT2D eigenvalue weighted by Gasteiger charge is 2.33. The molecule has 5 nitrogen and oxygen atoms in total. The quantitative estimate of drug-likeness (QED) is 0.422. The molecule has 0 saturated carbocycles. The number of para-hydroxylation sites is 1. The third kappa shape index (κ3) is 5.84. The lowest BCUT2D eigenvalue weighted by molar-refractivity contribution is -0.133. The zero-order valence-corrected chi connectivity index (χ0v) is 20.4. The van der Waals surface area contributed by atoms with E-state index in [1.165, 1.54) is 17.3 Å². The molecule has 2 amide bonds. The van der Waals surface area contributed by atoms with Crippen LogP contribution >= 0.6 is 24.0 Å². The van der Waals surface area contributed by atoms with Gasteiger partial charge >= 0.3 is 0 Å². The van der Waals surface area contributed by atoms with E-state index in [1.54, 1.807) is 18.1 Å². The number of carbonyl (C=O) groups excluding carboxylic acids is 2. The number of thiocarbonyl (C=S) groups is 1. The molecule has 2 aliphatic rings. The Morgan fingerprint density at radius 1 is 1.12 bits per heavy atom. The first kappa shape index (κ1) is 23.5. The molecular formula is C26H28N2O3S2. The standard InChI is InChI=1S/C26H28N2O3S2/c1-31-22-10-6-5-9-21(22)18-23-25(30)28(26(32)33-23)16-13-24(29)27-14-11-20(12-15-27)17-19-7-3-2-4-8-19/h2-10,18,20H,11-17H2,1H3/b23-18-. The van der Waals surface area contributed by atoms with Crippen molar-refractivity contribution in [1.82, 2.24) is 9.80 Å². The molecule has 2 heterocycles. The first-order valence-electron chi connectivity index (χ1n) is 11.2. The average molecular weight is 481 g/mol. The molecule has 0 radical (unpaired) electrons. The molecule has 2 aromatic rings. The van der Waals surface area contributed by atoms with Gasteiger partial charge in [0.05, 0.1) is 12.0 Å². The molecule has 0 bridgehead atoms. The van der Waals surface area contributed by atoms with Crippen LogP contribution in [-0.4, -0.2) is 52.7 Å². The lowest BCUT2D eigenvalue weighted by Crippen LogP contribution is -2.41. The third-order valence-corrected chi connectivity index (χ3v) is 7.56. The van der Waals surface area contributed by atoms with Gasteiger partial charge < -0.3 is 9.64 Å². The Labute approximate surface area is 204 Å². The molecule has 0 spiro atoms. The zero-order valence-electron chi connectivity index (χ0n) is 18.7. The van der Waals surface area contributed by atoms with Gasteiger partial charge in [0.15, 0.2) is 0 Å². The van der Waals surface area contributed by atoms with Crippen LogP contribution in [0.2, 0.25) is 0 Å². The average Bonchev–Trinajstić information content (AvgIpc) is 3.11. The Morgan fingerprint density at radius 2 is 1.82 bits per heavy atom. The van der Waals surface area contributed by atoms with Crippen LogP contribution in [0, 0.1) is 5.92 Å². The topological polar surface area (TPSA) is 49.9 Å². The number of rotatable bonds is 7. The van der Waals surface area contributed by atoms with Crippen molar-refractivity contribution >= 4 is 46.2 Å². The van der Waals surface area contributed by atoms with Crippen LogP contribution in [0.15, 0.2) is 59.5 Å². The van der Waals surface area contributed by atoms with Gasteiger partial charge in [0, 0.05) is 31.6 Å². The highest BCUT2D eigenvalue weighted by atomic mass is 32.2. The molecule has 2 saturated heterocycles. The summed E-state index contributed by atoms with van der Waals surface area (Å²) in [6.45, 7) is 1.88. The smallest absolute Gasteiger partial charge is 0.266 e. The lowest BCUT2D eigenvalue weighted by Gasteiger charge is -2.32. The largest absolute Gasteiger partial charge is 0.496 e. The maximum absolute atomic E-state index is 12.9. The van der Waals surface area contributed by atoms with E-state index in [4.69, 9.17) is 17.0 Å². The fraction of sp³-hybridized carbons (Fsp3) is 0.346. The summed E-state index contributed by atoms with van der Waals surface area (Å²) >= 11 is 6.70. The Hall–Kier alpha value is -2.64. The second-order valence-electron chi connectivity index (χ2n) is 8.34. The molecule has 33 heavy (non-hydrogen) atoms. The van der Waals surface area contributed by atoms with Crippen molar-refractivity contribution < 1.29 is 14.3 Å². The number of methoxy groups -OCH3 is 1. The highest BCUT2D eigenvalue weighted by molar-refractivity contribution is 8.26. The molecule has 2 aliphatic heterocycles. The number of hydrogen-bond acceptors (Lipinski definition) is 5. The summed E-state index contributed by atoms with van der Waals surface area (Å²) in [5, 5.41) is 0. The van der Waals surface area contributed by atoms with Crippen LogP contribution in [0.4, 0.5) is 0 Å². The molecule has 7 heteroatoms. The van der Waals surface area contributed by atoms with Crippen LogP contribution in [0.1, 0.15) is 30.4 Å². The minimum absolute atomic E-state index is 0.0934. The summed E-state index contributed by atoms with van der Waals surface area (Å²) in [6, 6.07) is 18.1. The number of benzene rings is 2. The summed E-state index contributed by atoms with van der Waals surface area (Å²) in [5.74, 6) is 1.26. The third-order valence-electron chi connectivity index (χ3n) is 6.18. The Bertz CT molecular complexity index is 1050. The van der Waals surface area contributed by atoms with Crippen molar-refractivity contribution in [2.24, 2.45) is 5.92 Å². The first-order valence-corrected chi connectivity index (χ1v) is 12.5. The predicted octanol–water partition coefficient (Wildman–Crippen LogP) is 4.77. The molecule has 0 N–H and O–H groups in total. The molecule has 4 rings (SSSR count). The van der Waals surface area contributed by atoms with Crippen molar-refractivity contribution in [3.8, 4) is 5.75 Å². The van der Waals surface area contributed by atoms with Crippen LogP contribution < -0.4 is 4.74 Å². The van der Waals surface area contributed by atoms with Gasteiger partial charge in [-0.1, -0.05) is 72.5 Å². The van der Waals surface area contributed by atoms with Crippen molar-refractivity contribution in [3.05, 3.63) is 70.6 Å². The van der Waals surface area contributed by atoms with Gasteiger partial charge in [0.2, 0.25) is 5.91 Å². The fourth-order valence-corrected chi connectivity index (χ4v) is 5.62. The van der Waals surface area contributed by atoms with E-state index in [9.17, 15) is 9.59 Å². The molecule has 0 aliphatic carbocycles. The van der Waals surface area contributed by atoms with Gasteiger partial charge in [-0.3, -0.25) is 14.5 Å². The summed E-state index contributed by atoms with van der Waals surface area (Å²) in [4.78, 5) is 29.7. The summed E-state index contributed by atoms with van der Waals surface area (Å²) < 4.78 is 5.87. The van der Waals surface area contributed by atoms with Crippen LogP contribution in [0.3, 0.4) is 0 Å². The van der Waals surface area contributed by atoms with Gasteiger partial charge in [-0.05, 0) is 42.9 Å². The lowest BCUT2D eigenvalue weighted by atomic mass is 9.90. The normalized spacial score (nSPS) is 18.3. The Morgan fingerprint density at radius 3 is 2.55 bits per heavy atom. The number of piperidine rings is 1. The minimum Gasteiger partial charge on any atom is -0.496 e. The number of thioether (sulfide) groups is 1. The summed E-state index contributed by atoms with van der Waals surface area (Å²) in [5.41, 5.74) is 2.19. The summed E-state index contributed by atoms with van der Waals surface area (Å²) in [6.07, 6.45) is 5.19. The second-order valence-corrected chi connectivity index (χ2v) is 10.0. The Balaban J connectivity index is 1.28. The van der Waals surface area contributed by atoms with E-state index in [1.807, 2.05) is 35.2 Å². The van der Waals surface area contributed by atoms with Gasteiger partial charge in [0.25, 0.3) is 5.91 Å². The molecule has 2 aromatic carbocycles. The number of likely N-dealkylation sites (tertiary alicyclic amines) is 1. The molecule has 0 atom stereocenters. The number of hydrogen-bond donors (Lipinski definition) is 0.